The van der Waals surface area contributed by atoms with Crippen LogP contribution in [0.2, 0.25) is 0 Å². The van der Waals surface area contributed by atoms with Crippen molar-refractivity contribution in [1.82, 2.24) is 14.8 Å². The highest BCUT2D eigenvalue weighted by Gasteiger charge is 2.37. The fourth-order valence-electron chi connectivity index (χ4n) is 3.42. The molecule has 0 saturated carbocycles. The monoisotopic (exact) mass is 357 g/mol. The molecule has 138 valence electrons. The Morgan fingerprint density at radius 3 is 2.58 bits per heavy atom. The van der Waals surface area contributed by atoms with Crippen LogP contribution in [0.15, 0.2) is 4.52 Å². The van der Waals surface area contributed by atoms with Crippen molar-refractivity contribution in [3.8, 4) is 0 Å². The second-order valence-corrected chi connectivity index (χ2v) is 9.17. The third-order valence-corrected chi connectivity index (χ3v) is 6.45. The summed E-state index contributed by atoms with van der Waals surface area (Å²) in [5.74, 6) is 1.82. The summed E-state index contributed by atoms with van der Waals surface area (Å²) in [6.07, 6.45) is 1.59. The van der Waals surface area contributed by atoms with Gasteiger partial charge in [0.2, 0.25) is 10.0 Å². The highest BCUT2D eigenvalue weighted by atomic mass is 32.2. The number of sulfonamides is 1. The van der Waals surface area contributed by atoms with Gasteiger partial charge in [-0.25, -0.2) is 13.1 Å². The van der Waals surface area contributed by atoms with Crippen molar-refractivity contribution in [3.05, 3.63) is 17.0 Å². The van der Waals surface area contributed by atoms with E-state index in [4.69, 9.17) is 4.52 Å². The standard InChI is InChI=1S/C17H31N3O3S/c1-6-7-8-24(21,22)19-17-11-20(9-15(17)12(2)3)10-16-13(4)18-23-14(16)5/h12,15,17,19H,6-11H2,1-5H3/t15-,17+/m0/s1. The normalized spacial score (nSPS) is 22.6. The molecular weight excluding hydrogens is 326 g/mol. The second kappa shape index (κ2) is 7.97. The van der Waals surface area contributed by atoms with E-state index in [9.17, 15) is 8.42 Å². The fourth-order valence-corrected chi connectivity index (χ4v) is 4.91. The van der Waals surface area contributed by atoms with Gasteiger partial charge in [-0.05, 0) is 32.1 Å². The number of hydrogen-bond acceptors (Lipinski definition) is 5. The van der Waals surface area contributed by atoms with Gasteiger partial charge in [0.1, 0.15) is 5.76 Å². The summed E-state index contributed by atoms with van der Waals surface area (Å²) < 4.78 is 32.8. The molecule has 2 atom stereocenters. The van der Waals surface area contributed by atoms with E-state index in [2.05, 4.69) is 28.6 Å². The number of unbranched alkanes of at least 4 members (excludes halogenated alkanes) is 1. The minimum atomic E-state index is -3.20. The van der Waals surface area contributed by atoms with Gasteiger partial charge in [0.25, 0.3) is 0 Å². The van der Waals surface area contributed by atoms with Crippen molar-refractivity contribution < 1.29 is 12.9 Å². The van der Waals surface area contributed by atoms with Crippen LogP contribution in [-0.2, 0) is 16.6 Å². The molecule has 0 radical (unpaired) electrons. The number of rotatable bonds is 8. The maximum absolute atomic E-state index is 12.3. The van der Waals surface area contributed by atoms with Crippen LogP contribution in [0.1, 0.15) is 50.6 Å². The van der Waals surface area contributed by atoms with E-state index in [-0.39, 0.29) is 11.8 Å². The van der Waals surface area contributed by atoms with Gasteiger partial charge < -0.3 is 4.52 Å². The molecule has 1 N–H and O–H groups in total. The predicted molar refractivity (Wildman–Crippen MR) is 95.2 cm³/mol. The van der Waals surface area contributed by atoms with Gasteiger partial charge >= 0.3 is 0 Å². The van der Waals surface area contributed by atoms with Gasteiger partial charge in [0.15, 0.2) is 0 Å². The van der Waals surface area contributed by atoms with E-state index in [0.29, 0.717) is 18.3 Å². The molecule has 24 heavy (non-hydrogen) atoms. The summed E-state index contributed by atoms with van der Waals surface area (Å²) in [6, 6.07) is -0.0210. The van der Waals surface area contributed by atoms with Crippen LogP contribution in [0.4, 0.5) is 0 Å². The summed E-state index contributed by atoms with van der Waals surface area (Å²) in [5, 5.41) is 4.01. The summed E-state index contributed by atoms with van der Waals surface area (Å²) in [4.78, 5) is 2.31. The molecule has 1 aromatic heterocycles. The summed E-state index contributed by atoms with van der Waals surface area (Å²) in [7, 11) is -3.20. The molecule has 2 rings (SSSR count). The lowest BCUT2D eigenvalue weighted by Crippen LogP contribution is -2.42. The Bertz CT molecular complexity index is 620. The summed E-state index contributed by atoms with van der Waals surface area (Å²) >= 11 is 0. The Labute approximate surface area is 146 Å². The molecule has 6 nitrogen and oxygen atoms in total. The lowest BCUT2D eigenvalue weighted by Gasteiger charge is -2.22. The van der Waals surface area contributed by atoms with Crippen molar-refractivity contribution in [2.24, 2.45) is 11.8 Å². The first-order valence-electron chi connectivity index (χ1n) is 8.87. The quantitative estimate of drug-likeness (QED) is 0.773. The van der Waals surface area contributed by atoms with Crippen molar-refractivity contribution >= 4 is 10.0 Å². The molecule has 0 amide bonds. The van der Waals surface area contributed by atoms with Crippen LogP contribution in [0.5, 0.6) is 0 Å². The topological polar surface area (TPSA) is 75.4 Å². The first-order chi connectivity index (χ1) is 11.2. The number of nitrogens with zero attached hydrogens (tertiary/aromatic N) is 2. The van der Waals surface area contributed by atoms with Crippen molar-refractivity contribution in [1.29, 1.82) is 0 Å². The molecule has 1 fully saturated rings. The Morgan fingerprint density at radius 1 is 1.33 bits per heavy atom. The largest absolute Gasteiger partial charge is 0.361 e. The van der Waals surface area contributed by atoms with Gasteiger partial charge in [-0.2, -0.15) is 0 Å². The minimum absolute atomic E-state index is 0.0210. The lowest BCUT2D eigenvalue weighted by atomic mass is 9.92. The average Bonchev–Trinajstić information content (AvgIpc) is 3.03. The third-order valence-electron chi connectivity index (χ3n) is 4.96. The van der Waals surface area contributed by atoms with Crippen LogP contribution in [0.3, 0.4) is 0 Å². The lowest BCUT2D eigenvalue weighted by molar-refractivity contribution is 0.293. The minimum Gasteiger partial charge on any atom is -0.361 e. The number of aryl methyl sites for hydroxylation is 2. The SMILES string of the molecule is CCCCS(=O)(=O)N[C@@H]1CN(Cc2c(C)noc2C)C[C@H]1C(C)C. The van der Waals surface area contributed by atoms with E-state index in [0.717, 1.165) is 43.1 Å². The maximum Gasteiger partial charge on any atom is 0.211 e. The van der Waals surface area contributed by atoms with Gasteiger partial charge in [0, 0.05) is 31.2 Å². The van der Waals surface area contributed by atoms with Crippen LogP contribution < -0.4 is 4.72 Å². The number of aromatic nitrogens is 1. The van der Waals surface area contributed by atoms with Gasteiger partial charge in [0.05, 0.1) is 11.4 Å². The van der Waals surface area contributed by atoms with E-state index in [1.165, 1.54) is 0 Å². The van der Waals surface area contributed by atoms with Gasteiger partial charge in [-0.15, -0.1) is 0 Å². The first kappa shape index (κ1) is 19.4. The van der Waals surface area contributed by atoms with Crippen LogP contribution in [0, 0.1) is 25.7 Å². The Morgan fingerprint density at radius 2 is 2.04 bits per heavy atom. The zero-order valence-corrected chi connectivity index (χ0v) is 16.3. The highest BCUT2D eigenvalue weighted by molar-refractivity contribution is 7.89. The molecule has 0 aromatic carbocycles. The number of hydrogen-bond donors (Lipinski definition) is 1. The van der Waals surface area contributed by atoms with Crippen LogP contribution in [-0.4, -0.2) is 43.4 Å². The van der Waals surface area contributed by atoms with Gasteiger partial charge in [-0.3, -0.25) is 4.90 Å². The van der Waals surface area contributed by atoms with E-state index >= 15 is 0 Å². The highest BCUT2D eigenvalue weighted by Crippen LogP contribution is 2.27. The maximum atomic E-state index is 12.3. The summed E-state index contributed by atoms with van der Waals surface area (Å²) in [6.45, 7) is 12.6. The molecular formula is C17H31N3O3S. The molecule has 1 aromatic rings. The Kier molecular flexibility index (Phi) is 6.45. The van der Waals surface area contributed by atoms with E-state index < -0.39 is 10.0 Å². The first-order valence-corrected chi connectivity index (χ1v) is 10.5. The smallest absolute Gasteiger partial charge is 0.211 e. The second-order valence-electron chi connectivity index (χ2n) is 7.30. The summed E-state index contributed by atoms with van der Waals surface area (Å²) in [5.41, 5.74) is 2.03. The van der Waals surface area contributed by atoms with Crippen molar-refractivity contribution in [2.45, 2.75) is 60.0 Å². The fraction of sp³-hybridized carbons (Fsp3) is 0.824. The van der Waals surface area contributed by atoms with E-state index in [1.54, 1.807) is 0 Å². The third kappa shape index (κ3) is 4.80. The average molecular weight is 358 g/mol. The number of likely N-dealkylation sites (tertiary alicyclic amines) is 1. The molecule has 1 saturated heterocycles. The Balaban J connectivity index is 2.06. The zero-order chi connectivity index (χ0) is 17.9. The zero-order valence-electron chi connectivity index (χ0n) is 15.5. The number of nitrogens with one attached hydrogen (secondary N) is 1. The van der Waals surface area contributed by atoms with Crippen molar-refractivity contribution in [3.63, 3.8) is 0 Å². The van der Waals surface area contributed by atoms with Crippen LogP contribution >= 0.6 is 0 Å². The molecule has 0 spiro atoms. The molecule has 0 unspecified atom stereocenters. The molecule has 1 aliphatic rings. The molecule has 7 heteroatoms. The predicted octanol–water partition coefficient (Wildman–Crippen LogP) is 2.47. The molecule has 2 heterocycles. The van der Waals surface area contributed by atoms with E-state index in [1.807, 2.05) is 20.8 Å². The van der Waals surface area contributed by atoms with Crippen LogP contribution in [0.25, 0.3) is 0 Å². The molecule has 0 aliphatic carbocycles. The molecule has 1 aliphatic heterocycles. The van der Waals surface area contributed by atoms with Crippen molar-refractivity contribution in [2.75, 3.05) is 18.8 Å². The molecule has 0 bridgehead atoms. The Hall–Kier alpha value is -0.920. The van der Waals surface area contributed by atoms with Gasteiger partial charge in [-0.1, -0.05) is 32.3 Å².